The first-order valence-electron chi connectivity index (χ1n) is 8.73. The van der Waals surface area contributed by atoms with Crippen LogP contribution in [0.25, 0.3) is 22.6 Å². The third-order valence-electron chi connectivity index (χ3n) is 4.14. The molecule has 1 N–H and O–H groups in total. The van der Waals surface area contributed by atoms with Crippen molar-refractivity contribution in [3.05, 3.63) is 77.3 Å². The van der Waals surface area contributed by atoms with E-state index >= 15 is 0 Å². The minimum Gasteiger partial charge on any atom is -0.484 e. The number of aryl methyl sites for hydroxylation is 1. The van der Waals surface area contributed by atoms with Gasteiger partial charge in [-0.3, -0.25) is 4.79 Å². The Bertz CT molecular complexity index is 1150. The lowest BCUT2D eigenvalue weighted by Crippen LogP contribution is -2.20. The standard InChI is InChI=1S/C22H17ClN2O3/c1-14-9-10-20-19(11-14)25-22(28-20)17-7-2-3-8-18(17)24-21(26)13-27-16-6-4-5-15(23)12-16/h2-12H,13H2,1H3,(H,24,26). The number of anilines is 1. The monoisotopic (exact) mass is 392 g/mol. The number of hydrogen-bond acceptors (Lipinski definition) is 4. The summed E-state index contributed by atoms with van der Waals surface area (Å²) in [6.07, 6.45) is 0. The van der Waals surface area contributed by atoms with Crippen molar-refractivity contribution in [1.29, 1.82) is 0 Å². The number of hydrogen-bond donors (Lipinski definition) is 1. The van der Waals surface area contributed by atoms with Crippen molar-refractivity contribution < 1.29 is 13.9 Å². The van der Waals surface area contributed by atoms with E-state index in [0.29, 0.717) is 33.5 Å². The zero-order chi connectivity index (χ0) is 19.5. The fraction of sp³-hybridized carbons (Fsp3) is 0.0909. The number of nitrogens with one attached hydrogen (secondary N) is 1. The predicted octanol–water partition coefficient (Wildman–Crippen LogP) is 5.47. The molecule has 0 aliphatic carbocycles. The number of ether oxygens (including phenoxy) is 1. The van der Waals surface area contributed by atoms with Crippen LogP contribution in [0.5, 0.6) is 5.75 Å². The SMILES string of the molecule is Cc1ccc2oc(-c3ccccc3NC(=O)COc3cccc(Cl)c3)nc2c1. The Morgan fingerprint density at radius 1 is 1.11 bits per heavy atom. The summed E-state index contributed by atoms with van der Waals surface area (Å²) in [6.45, 7) is 1.86. The highest BCUT2D eigenvalue weighted by Gasteiger charge is 2.14. The van der Waals surface area contributed by atoms with Gasteiger partial charge in [0.2, 0.25) is 5.89 Å². The molecule has 0 atom stereocenters. The maximum absolute atomic E-state index is 12.4. The average molecular weight is 393 g/mol. The maximum Gasteiger partial charge on any atom is 0.262 e. The second kappa shape index (κ2) is 7.74. The molecule has 5 nitrogen and oxygen atoms in total. The number of rotatable bonds is 5. The number of aromatic nitrogens is 1. The van der Waals surface area contributed by atoms with Gasteiger partial charge in [0, 0.05) is 5.02 Å². The molecule has 140 valence electrons. The Balaban J connectivity index is 1.53. The zero-order valence-corrected chi connectivity index (χ0v) is 15.9. The quantitative estimate of drug-likeness (QED) is 0.488. The van der Waals surface area contributed by atoms with Gasteiger partial charge in [-0.1, -0.05) is 35.9 Å². The third-order valence-corrected chi connectivity index (χ3v) is 4.38. The highest BCUT2D eigenvalue weighted by atomic mass is 35.5. The molecule has 0 bridgehead atoms. The van der Waals surface area contributed by atoms with Gasteiger partial charge >= 0.3 is 0 Å². The first-order chi connectivity index (χ1) is 13.6. The van der Waals surface area contributed by atoms with Crippen LogP contribution < -0.4 is 10.1 Å². The molecule has 0 fully saturated rings. The number of fused-ring (bicyclic) bond motifs is 1. The molecule has 0 aliphatic rings. The topological polar surface area (TPSA) is 64.4 Å². The van der Waals surface area contributed by atoms with E-state index in [2.05, 4.69) is 10.3 Å². The van der Waals surface area contributed by atoms with Gasteiger partial charge in [0.25, 0.3) is 5.91 Å². The fourth-order valence-corrected chi connectivity index (χ4v) is 3.00. The number of carbonyl (C=O) groups excluding carboxylic acids is 1. The molecule has 0 saturated heterocycles. The van der Waals surface area contributed by atoms with Gasteiger partial charge in [-0.2, -0.15) is 0 Å². The van der Waals surface area contributed by atoms with Crippen molar-refractivity contribution in [2.75, 3.05) is 11.9 Å². The molecule has 0 aliphatic heterocycles. The van der Waals surface area contributed by atoms with Crippen LogP contribution in [-0.2, 0) is 4.79 Å². The Kier molecular flexibility index (Phi) is 5.00. The first kappa shape index (κ1) is 18.1. The number of nitrogens with zero attached hydrogens (tertiary/aromatic N) is 1. The van der Waals surface area contributed by atoms with E-state index in [4.69, 9.17) is 20.8 Å². The van der Waals surface area contributed by atoms with Crippen molar-refractivity contribution in [2.45, 2.75) is 6.92 Å². The van der Waals surface area contributed by atoms with Crippen LogP contribution in [-0.4, -0.2) is 17.5 Å². The van der Waals surface area contributed by atoms with Crippen molar-refractivity contribution in [1.82, 2.24) is 4.98 Å². The van der Waals surface area contributed by atoms with Crippen molar-refractivity contribution in [3.8, 4) is 17.2 Å². The maximum atomic E-state index is 12.4. The highest BCUT2D eigenvalue weighted by molar-refractivity contribution is 6.30. The largest absolute Gasteiger partial charge is 0.484 e. The molecule has 4 rings (SSSR count). The summed E-state index contributed by atoms with van der Waals surface area (Å²) in [5.41, 5.74) is 3.89. The predicted molar refractivity (Wildman–Crippen MR) is 110 cm³/mol. The molecule has 1 aromatic heterocycles. The number of carbonyl (C=O) groups is 1. The summed E-state index contributed by atoms with van der Waals surface area (Å²) in [4.78, 5) is 16.9. The van der Waals surface area contributed by atoms with Crippen LogP contribution in [0.3, 0.4) is 0 Å². The Morgan fingerprint density at radius 3 is 2.82 bits per heavy atom. The molecule has 4 aromatic rings. The first-order valence-corrected chi connectivity index (χ1v) is 9.11. The lowest BCUT2D eigenvalue weighted by atomic mass is 10.1. The summed E-state index contributed by atoms with van der Waals surface area (Å²) in [5.74, 6) is 0.692. The van der Waals surface area contributed by atoms with Gasteiger partial charge in [0.15, 0.2) is 12.2 Å². The van der Waals surface area contributed by atoms with E-state index < -0.39 is 0 Å². The lowest BCUT2D eigenvalue weighted by Gasteiger charge is -2.10. The molecular weight excluding hydrogens is 376 g/mol. The van der Waals surface area contributed by atoms with Crippen LogP contribution in [0.4, 0.5) is 5.69 Å². The molecule has 0 radical (unpaired) electrons. The minimum absolute atomic E-state index is 0.137. The third kappa shape index (κ3) is 4.00. The average Bonchev–Trinajstić information content (AvgIpc) is 3.10. The Labute approximate surface area is 166 Å². The summed E-state index contributed by atoms with van der Waals surface area (Å²) in [6, 6.07) is 20.1. The van der Waals surface area contributed by atoms with Crippen LogP contribution in [0.2, 0.25) is 5.02 Å². The van der Waals surface area contributed by atoms with E-state index in [9.17, 15) is 4.79 Å². The van der Waals surface area contributed by atoms with Gasteiger partial charge in [0.05, 0.1) is 11.3 Å². The number of benzene rings is 3. The molecule has 28 heavy (non-hydrogen) atoms. The Morgan fingerprint density at radius 2 is 1.96 bits per heavy atom. The number of oxazole rings is 1. The van der Waals surface area contributed by atoms with E-state index in [0.717, 1.165) is 11.1 Å². The summed E-state index contributed by atoms with van der Waals surface area (Å²) in [7, 11) is 0. The van der Waals surface area contributed by atoms with Gasteiger partial charge in [-0.05, 0) is 55.0 Å². The van der Waals surface area contributed by atoms with Crippen molar-refractivity contribution in [3.63, 3.8) is 0 Å². The number of amides is 1. The second-order valence-corrected chi connectivity index (χ2v) is 6.77. The molecule has 3 aromatic carbocycles. The second-order valence-electron chi connectivity index (χ2n) is 6.33. The van der Waals surface area contributed by atoms with Gasteiger partial charge < -0.3 is 14.5 Å². The van der Waals surface area contributed by atoms with Gasteiger partial charge in [-0.25, -0.2) is 4.98 Å². The Hall–Kier alpha value is -3.31. The van der Waals surface area contributed by atoms with Crippen LogP contribution in [0.1, 0.15) is 5.56 Å². The normalized spacial score (nSPS) is 10.8. The van der Waals surface area contributed by atoms with Crippen LogP contribution in [0.15, 0.2) is 71.1 Å². The smallest absolute Gasteiger partial charge is 0.262 e. The zero-order valence-electron chi connectivity index (χ0n) is 15.1. The van der Waals surface area contributed by atoms with Crippen molar-refractivity contribution >= 4 is 34.3 Å². The highest BCUT2D eigenvalue weighted by Crippen LogP contribution is 2.30. The number of para-hydroxylation sites is 1. The summed E-state index contributed by atoms with van der Waals surface area (Å²) >= 11 is 5.92. The van der Waals surface area contributed by atoms with Crippen LogP contribution >= 0.6 is 11.6 Å². The molecule has 1 amide bonds. The van der Waals surface area contributed by atoms with E-state index in [1.165, 1.54) is 0 Å². The van der Waals surface area contributed by atoms with Crippen LogP contribution in [0, 0.1) is 6.92 Å². The lowest BCUT2D eigenvalue weighted by molar-refractivity contribution is -0.118. The van der Waals surface area contributed by atoms with Gasteiger partial charge in [0.1, 0.15) is 11.3 Å². The van der Waals surface area contributed by atoms with Crippen molar-refractivity contribution in [2.24, 2.45) is 0 Å². The summed E-state index contributed by atoms with van der Waals surface area (Å²) < 4.78 is 11.4. The fourth-order valence-electron chi connectivity index (χ4n) is 2.82. The van der Waals surface area contributed by atoms with E-state index in [-0.39, 0.29) is 12.5 Å². The summed E-state index contributed by atoms with van der Waals surface area (Å²) in [5, 5.41) is 3.40. The molecule has 0 unspecified atom stereocenters. The van der Waals surface area contributed by atoms with E-state index in [1.54, 1.807) is 30.3 Å². The van der Waals surface area contributed by atoms with E-state index in [1.807, 2.05) is 43.3 Å². The molecule has 0 saturated carbocycles. The molecule has 1 heterocycles. The molecule has 6 heteroatoms. The minimum atomic E-state index is -0.292. The number of halogens is 1. The molecule has 0 spiro atoms. The van der Waals surface area contributed by atoms with Gasteiger partial charge in [-0.15, -0.1) is 0 Å². The molecular formula is C22H17ClN2O3.